The van der Waals surface area contributed by atoms with Crippen molar-refractivity contribution in [1.82, 2.24) is 9.88 Å². The SMILES string of the molecule is C[C@H](c1ccccc1)N1CC[C@H](N(C)c2cc(F)c(S(=O)(=O)N(OC(=O)C(F)(F)F)c3cccc(F)n3)cc2Cl)C1. The van der Waals surface area contributed by atoms with Gasteiger partial charge >= 0.3 is 12.1 Å². The highest BCUT2D eigenvalue weighted by molar-refractivity contribution is 7.92. The van der Waals surface area contributed by atoms with Crippen molar-refractivity contribution in [2.45, 2.75) is 36.5 Å². The van der Waals surface area contributed by atoms with E-state index in [2.05, 4.69) is 21.6 Å². The molecule has 2 atom stereocenters. The zero-order valence-electron chi connectivity index (χ0n) is 21.6. The summed E-state index contributed by atoms with van der Waals surface area (Å²) in [5.41, 5.74) is 1.25. The largest absolute Gasteiger partial charge is 0.493 e. The van der Waals surface area contributed by atoms with Gasteiger partial charge in [0.25, 0.3) is 10.0 Å². The van der Waals surface area contributed by atoms with Crippen LogP contribution >= 0.6 is 11.6 Å². The van der Waals surface area contributed by atoms with Crippen molar-refractivity contribution in [3.63, 3.8) is 0 Å². The maximum atomic E-state index is 15.4. The molecule has 0 bridgehead atoms. The Morgan fingerprint density at radius 2 is 1.80 bits per heavy atom. The number of aromatic nitrogens is 1. The molecular formula is C26H24ClF5N4O4S. The lowest BCUT2D eigenvalue weighted by molar-refractivity contribution is -0.199. The first kappa shape index (κ1) is 30.5. The molecule has 0 spiro atoms. The lowest BCUT2D eigenvalue weighted by atomic mass is 10.1. The molecule has 4 rings (SSSR count). The Hall–Kier alpha value is -3.49. The first-order chi connectivity index (χ1) is 19.2. The number of hydrogen-bond donors (Lipinski definition) is 0. The minimum Gasteiger partial charge on any atom is -0.369 e. The molecule has 0 unspecified atom stereocenters. The number of likely N-dealkylation sites (N-methyl/N-ethyl adjacent to an activating group) is 1. The second-order valence-electron chi connectivity index (χ2n) is 9.30. The number of rotatable bonds is 8. The Morgan fingerprint density at radius 1 is 1.12 bits per heavy atom. The summed E-state index contributed by atoms with van der Waals surface area (Å²) >= 11 is 6.36. The second-order valence-corrected chi connectivity index (χ2v) is 11.4. The van der Waals surface area contributed by atoms with Crippen molar-refractivity contribution in [2.24, 2.45) is 0 Å². The lowest BCUT2D eigenvalue weighted by Crippen LogP contribution is -2.39. The topological polar surface area (TPSA) is 83.0 Å². The van der Waals surface area contributed by atoms with Gasteiger partial charge in [-0.2, -0.15) is 31.0 Å². The van der Waals surface area contributed by atoms with Crippen LogP contribution < -0.4 is 9.37 Å². The highest BCUT2D eigenvalue weighted by atomic mass is 35.5. The normalized spacial score (nSPS) is 16.8. The van der Waals surface area contributed by atoms with Crippen molar-refractivity contribution >= 4 is 39.1 Å². The van der Waals surface area contributed by atoms with Gasteiger partial charge in [0.15, 0.2) is 5.82 Å². The zero-order valence-corrected chi connectivity index (χ0v) is 23.2. The molecule has 1 aliphatic rings. The third kappa shape index (κ3) is 6.54. The van der Waals surface area contributed by atoms with Gasteiger partial charge in [0.2, 0.25) is 5.95 Å². The van der Waals surface area contributed by atoms with Gasteiger partial charge in [0, 0.05) is 38.3 Å². The highest BCUT2D eigenvalue weighted by Crippen LogP contribution is 2.36. The average molecular weight is 619 g/mol. The Labute approximate surface area is 237 Å². The number of carbonyl (C=O) groups is 1. The van der Waals surface area contributed by atoms with Gasteiger partial charge < -0.3 is 9.74 Å². The summed E-state index contributed by atoms with van der Waals surface area (Å²) < 4.78 is 93.7. The molecule has 15 heteroatoms. The predicted molar refractivity (Wildman–Crippen MR) is 141 cm³/mol. The van der Waals surface area contributed by atoms with Gasteiger partial charge in [-0.25, -0.2) is 9.18 Å². The maximum Gasteiger partial charge on any atom is 0.493 e. The fourth-order valence-electron chi connectivity index (χ4n) is 4.50. The molecule has 0 aliphatic carbocycles. The summed E-state index contributed by atoms with van der Waals surface area (Å²) in [7, 11) is -3.76. The van der Waals surface area contributed by atoms with Crippen molar-refractivity contribution in [3.05, 3.63) is 83.0 Å². The molecule has 1 aromatic heterocycles. The molecule has 8 nitrogen and oxygen atoms in total. The van der Waals surface area contributed by atoms with Crippen molar-refractivity contribution in [3.8, 4) is 0 Å². The van der Waals surface area contributed by atoms with E-state index in [-0.39, 0.29) is 22.8 Å². The number of nitrogens with zero attached hydrogens (tertiary/aromatic N) is 4. The van der Waals surface area contributed by atoms with Crippen LogP contribution in [0.5, 0.6) is 0 Å². The molecule has 41 heavy (non-hydrogen) atoms. The minimum atomic E-state index is -5.63. The van der Waals surface area contributed by atoms with Gasteiger partial charge in [-0.1, -0.05) is 52.5 Å². The Balaban J connectivity index is 1.62. The fourth-order valence-corrected chi connectivity index (χ4v) is 6.12. The van der Waals surface area contributed by atoms with Crippen LogP contribution in [0.4, 0.5) is 33.5 Å². The van der Waals surface area contributed by atoms with Gasteiger partial charge in [0.1, 0.15) is 10.7 Å². The Morgan fingerprint density at radius 3 is 2.44 bits per heavy atom. The number of pyridine rings is 1. The van der Waals surface area contributed by atoms with Gasteiger partial charge in [-0.05, 0) is 37.1 Å². The monoisotopic (exact) mass is 618 g/mol. The molecule has 0 saturated carbocycles. The summed E-state index contributed by atoms with van der Waals surface area (Å²) in [4.78, 5) is 21.4. The number of halogens is 6. The molecule has 3 aromatic rings. The summed E-state index contributed by atoms with van der Waals surface area (Å²) in [6, 6.07) is 13.8. The molecule has 2 heterocycles. The van der Waals surface area contributed by atoms with E-state index in [1.807, 2.05) is 30.3 Å². The minimum absolute atomic E-state index is 0.108. The molecular weight excluding hydrogens is 595 g/mol. The summed E-state index contributed by atoms with van der Waals surface area (Å²) in [5.74, 6) is -6.70. The number of likely N-dealkylation sites (tertiary alicyclic amines) is 1. The Kier molecular flexibility index (Phi) is 8.76. The average Bonchev–Trinajstić information content (AvgIpc) is 3.42. The maximum absolute atomic E-state index is 15.4. The number of benzene rings is 2. The van der Waals surface area contributed by atoms with E-state index in [1.165, 1.54) is 0 Å². The lowest BCUT2D eigenvalue weighted by Gasteiger charge is -2.30. The molecule has 1 saturated heterocycles. The van der Waals surface area contributed by atoms with Crippen molar-refractivity contribution in [1.29, 1.82) is 0 Å². The van der Waals surface area contributed by atoms with Gasteiger partial charge in [0.05, 0.1) is 10.7 Å². The number of sulfonamides is 1. The number of anilines is 2. The van der Waals surface area contributed by atoms with Crippen LogP contribution in [0.1, 0.15) is 24.9 Å². The van der Waals surface area contributed by atoms with E-state index < -0.39 is 49.1 Å². The molecule has 0 N–H and O–H groups in total. The number of hydrogen-bond acceptors (Lipinski definition) is 7. The van der Waals surface area contributed by atoms with E-state index >= 15 is 4.39 Å². The second kappa shape index (κ2) is 11.8. The fraction of sp³-hybridized carbons (Fsp3) is 0.308. The predicted octanol–water partition coefficient (Wildman–Crippen LogP) is 5.50. The third-order valence-electron chi connectivity index (χ3n) is 6.73. The number of carbonyl (C=O) groups excluding carboxylic acids is 1. The first-order valence-corrected chi connectivity index (χ1v) is 14.0. The molecule has 0 radical (unpaired) electrons. The number of alkyl halides is 3. The van der Waals surface area contributed by atoms with Crippen LogP contribution in [0, 0.1) is 11.8 Å². The smallest absolute Gasteiger partial charge is 0.369 e. The molecule has 2 aromatic carbocycles. The van der Waals surface area contributed by atoms with Crippen molar-refractivity contribution < 1.29 is 40.0 Å². The first-order valence-electron chi connectivity index (χ1n) is 12.2. The van der Waals surface area contributed by atoms with E-state index in [4.69, 9.17) is 11.6 Å². The summed E-state index contributed by atoms with van der Waals surface area (Å²) in [6.07, 6.45) is -4.94. The molecule has 1 fully saturated rings. The van der Waals surface area contributed by atoms with E-state index in [0.717, 1.165) is 36.4 Å². The summed E-state index contributed by atoms with van der Waals surface area (Å²) in [5, 5.41) is -0.240. The van der Waals surface area contributed by atoms with Crippen LogP contribution in [0.3, 0.4) is 0 Å². The van der Waals surface area contributed by atoms with E-state index in [0.29, 0.717) is 19.0 Å². The van der Waals surface area contributed by atoms with E-state index in [9.17, 15) is 30.8 Å². The molecule has 1 aliphatic heterocycles. The molecule has 0 amide bonds. The summed E-state index contributed by atoms with van der Waals surface area (Å²) in [6.45, 7) is 3.39. The zero-order chi connectivity index (χ0) is 30.1. The van der Waals surface area contributed by atoms with E-state index in [1.54, 1.807) is 11.9 Å². The highest BCUT2D eigenvalue weighted by Gasteiger charge is 2.46. The van der Waals surface area contributed by atoms with Crippen LogP contribution in [-0.4, -0.2) is 56.6 Å². The quantitative estimate of drug-likeness (QED) is 0.187. The van der Waals surface area contributed by atoms with Crippen LogP contribution in [0.15, 0.2) is 65.6 Å². The van der Waals surface area contributed by atoms with Gasteiger partial charge in [-0.15, -0.1) is 0 Å². The molecule has 220 valence electrons. The third-order valence-corrected chi connectivity index (χ3v) is 8.60. The van der Waals surface area contributed by atoms with Crippen LogP contribution in [0.2, 0.25) is 5.02 Å². The standard InChI is InChI=1S/C26H24ClF5N4O4S/c1-16(17-7-4-3-5-8-17)35-12-11-18(15-35)34(2)21-14-20(28)22(13-19(21)27)41(38,39)36(40-25(37)26(30,31)32)24-10-6-9-23(29)33-24/h3-10,13-14,16,18H,11-12,15H2,1-2H3/t16-,18+/m1/s1. The van der Waals surface area contributed by atoms with Gasteiger partial charge in [-0.3, -0.25) is 4.90 Å². The van der Waals surface area contributed by atoms with Crippen LogP contribution in [0.25, 0.3) is 0 Å². The van der Waals surface area contributed by atoms with Crippen molar-refractivity contribution in [2.75, 3.05) is 29.5 Å². The Bertz CT molecular complexity index is 1530. The van der Waals surface area contributed by atoms with Crippen LogP contribution in [-0.2, 0) is 19.7 Å².